The Morgan fingerprint density at radius 2 is 2.21 bits per heavy atom. The molecule has 78 valence electrons. The number of aromatic nitrogens is 1. The lowest BCUT2D eigenvalue weighted by Gasteiger charge is -2.19. The number of halogens is 1. The molecule has 1 aromatic heterocycles. The minimum atomic E-state index is 0.495. The maximum absolute atomic E-state index is 6.03. The minimum Gasteiger partial charge on any atom is -0.330 e. The van der Waals surface area contributed by atoms with Crippen molar-refractivity contribution >= 4 is 11.6 Å². The molecular weight excluding hydrogens is 196 g/mol. The van der Waals surface area contributed by atoms with Crippen LogP contribution < -0.4 is 5.73 Å². The van der Waals surface area contributed by atoms with Gasteiger partial charge in [0, 0.05) is 12.4 Å². The van der Waals surface area contributed by atoms with Gasteiger partial charge in [0.15, 0.2) is 0 Å². The molecule has 2 nitrogen and oxygen atoms in total. The molecule has 0 bridgehead atoms. The molecule has 0 aromatic carbocycles. The van der Waals surface area contributed by atoms with Crippen molar-refractivity contribution in [2.24, 2.45) is 17.6 Å². The second kappa shape index (κ2) is 5.32. The molecule has 0 fully saturated rings. The Morgan fingerprint density at radius 3 is 2.71 bits per heavy atom. The van der Waals surface area contributed by atoms with Crippen LogP contribution in [0.25, 0.3) is 0 Å². The molecule has 1 aromatic rings. The summed E-state index contributed by atoms with van der Waals surface area (Å²) in [4.78, 5) is 3.96. The Morgan fingerprint density at radius 1 is 1.50 bits per heavy atom. The van der Waals surface area contributed by atoms with Gasteiger partial charge in [-0.25, -0.2) is 0 Å². The molecule has 0 radical (unpaired) electrons. The molecule has 0 saturated heterocycles. The number of hydrogen-bond donors (Lipinski definition) is 1. The van der Waals surface area contributed by atoms with E-state index in [0.717, 1.165) is 17.0 Å². The normalized spacial score (nSPS) is 13.2. The number of nitrogens with zero attached hydrogens (tertiary/aromatic N) is 1. The molecule has 1 heterocycles. The Bertz CT molecular complexity index is 286. The van der Waals surface area contributed by atoms with Crippen LogP contribution >= 0.6 is 11.6 Å². The number of nitrogens with two attached hydrogens (primary N) is 1. The number of hydrogen-bond acceptors (Lipinski definition) is 2. The highest BCUT2D eigenvalue weighted by atomic mass is 35.5. The van der Waals surface area contributed by atoms with Crippen molar-refractivity contribution in [1.29, 1.82) is 0 Å². The summed E-state index contributed by atoms with van der Waals surface area (Å²) in [5, 5.41) is 0.742. The quantitative estimate of drug-likeness (QED) is 0.833. The molecule has 3 heteroatoms. The second-order valence-corrected chi connectivity index (χ2v) is 4.32. The predicted molar refractivity (Wildman–Crippen MR) is 60.3 cm³/mol. The molecule has 14 heavy (non-hydrogen) atoms. The Labute approximate surface area is 90.5 Å². The number of rotatable bonds is 4. The minimum absolute atomic E-state index is 0.495. The van der Waals surface area contributed by atoms with Crippen LogP contribution in [-0.4, -0.2) is 11.5 Å². The van der Waals surface area contributed by atoms with E-state index in [-0.39, 0.29) is 0 Å². The highest BCUT2D eigenvalue weighted by Gasteiger charge is 2.13. The molecule has 1 atom stereocenters. The molecule has 0 aliphatic heterocycles. The Kier molecular flexibility index (Phi) is 4.36. The summed E-state index contributed by atoms with van der Waals surface area (Å²) in [6, 6.07) is 1.97. The SMILES string of the molecule is CC(C)C(CN)Cc1ccncc1Cl. The molecule has 2 N–H and O–H groups in total. The fourth-order valence-electron chi connectivity index (χ4n) is 1.44. The zero-order valence-electron chi connectivity index (χ0n) is 8.70. The molecule has 1 unspecified atom stereocenters. The van der Waals surface area contributed by atoms with E-state index in [4.69, 9.17) is 17.3 Å². The summed E-state index contributed by atoms with van der Waals surface area (Å²) >= 11 is 6.03. The third-order valence-corrected chi connectivity index (χ3v) is 2.92. The zero-order valence-corrected chi connectivity index (χ0v) is 9.46. The van der Waals surface area contributed by atoms with Crippen molar-refractivity contribution in [1.82, 2.24) is 4.98 Å². The van der Waals surface area contributed by atoms with Gasteiger partial charge in [0.1, 0.15) is 0 Å². The predicted octanol–water partition coefficient (Wildman–Crippen LogP) is 2.51. The lowest BCUT2D eigenvalue weighted by molar-refractivity contribution is 0.392. The van der Waals surface area contributed by atoms with E-state index in [1.807, 2.05) is 6.07 Å². The maximum atomic E-state index is 6.03. The van der Waals surface area contributed by atoms with Crippen molar-refractivity contribution in [2.45, 2.75) is 20.3 Å². The van der Waals surface area contributed by atoms with Crippen LogP contribution in [0.4, 0.5) is 0 Å². The van der Waals surface area contributed by atoms with Crippen LogP contribution in [0, 0.1) is 11.8 Å². The van der Waals surface area contributed by atoms with E-state index in [9.17, 15) is 0 Å². The monoisotopic (exact) mass is 212 g/mol. The van der Waals surface area contributed by atoms with Crippen molar-refractivity contribution in [3.05, 3.63) is 29.0 Å². The first-order chi connectivity index (χ1) is 6.65. The van der Waals surface area contributed by atoms with Crippen LogP contribution in [0.1, 0.15) is 19.4 Å². The van der Waals surface area contributed by atoms with Gasteiger partial charge < -0.3 is 5.73 Å². The second-order valence-electron chi connectivity index (χ2n) is 3.91. The fraction of sp³-hybridized carbons (Fsp3) is 0.545. The Balaban J connectivity index is 2.72. The van der Waals surface area contributed by atoms with Crippen molar-refractivity contribution in [3.63, 3.8) is 0 Å². The van der Waals surface area contributed by atoms with Gasteiger partial charge in [-0.05, 0) is 36.4 Å². The van der Waals surface area contributed by atoms with Crippen molar-refractivity contribution in [3.8, 4) is 0 Å². The van der Waals surface area contributed by atoms with Gasteiger partial charge in [0.25, 0.3) is 0 Å². The van der Waals surface area contributed by atoms with Gasteiger partial charge >= 0.3 is 0 Å². The van der Waals surface area contributed by atoms with Crippen LogP contribution in [0.3, 0.4) is 0 Å². The van der Waals surface area contributed by atoms with Crippen molar-refractivity contribution in [2.75, 3.05) is 6.54 Å². The molecule has 0 spiro atoms. The van der Waals surface area contributed by atoms with Gasteiger partial charge in [-0.3, -0.25) is 4.98 Å². The average Bonchev–Trinajstić information content (AvgIpc) is 2.16. The van der Waals surface area contributed by atoms with Crippen LogP contribution in [0.2, 0.25) is 5.02 Å². The van der Waals surface area contributed by atoms with E-state index < -0.39 is 0 Å². The highest BCUT2D eigenvalue weighted by Crippen LogP contribution is 2.21. The highest BCUT2D eigenvalue weighted by molar-refractivity contribution is 6.31. The maximum Gasteiger partial charge on any atom is 0.0621 e. The molecule has 0 aliphatic carbocycles. The largest absolute Gasteiger partial charge is 0.330 e. The molecule has 0 saturated carbocycles. The van der Waals surface area contributed by atoms with Crippen molar-refractivity contribution < 1.29 is 0 Å². The summed E-state index contributed by atoms with van der Waals surface area (Å²) in [7, 11) is 0. The van der Waals surface area contributed by atoms with E-state index in [0.29, 0.717) is 18.4 Å². The third kappa shape index (κ3) is 2.96. The summed E-state index contributed by atoms with van der Waals surface area (Å²) in [6.07, 6.45) is 4.40. The molecule has 0 amide bonds. The summed E-state index contributed by atoms with van der Waals surface area (Å²) in [6.45, 7) is 5.08. The van der Waals surface area contributed by atoms with Crippen LogP contribution in [0.15, 0.2) is 18.5 Å². The van der Waals surface area contributed by atoms with E-state index in [1.165, 1.54) is 0 Å². The topological polar surface area (TPSA) is 38.9 Å². The Hall–Kier alpha value is -0.600. The van der Waals surface area contributed by atoms with Gasteiger partial charge in [0.05, 0.1) is 5.02 Å². The van der Waals surface area contributed by atoms with Gasteiger partial charge in [-0.15, -0.1) is 0 Å². The van der Waals surface area contributed by atoms with Gasteiger partial charge in [-0.2, -0.15) is 0 Å². The molecular formula is C11H17ClN2. The summed E-state index contributed by atoms with van der Waals surface area (Å²) in [5.41, 5.74) is 6.86. The van der Waals surface area contributed by atoms with E-state index in [2.05, 4.69) is 18.8 Å². The lowest BCUT2D eigenvalue weighted by Crippen LogP contribution is -2.22. The van der Waals surface area contributed by atoms with Crippen LogP contribution in [-0.2, 0) is 6.42 Å². The lowest BCUT2D eigenvalue weighted by atomic mass is 9.90. The zero-order chi connectivity index (χ0) is 10.6. The standard InChI is InChI=1S/C11H17ClN2/c1-8(2)10(6-13)5-9-3-4-14-7-11(9)12/h3-4,7-8,10H,5-6,13H2,1-2H3. The molecule has 0 aliphatic rings. The van der Waals surface area contributed by atoms with E-state index in [1.54, 1.807) is 12.4 Å². The van der Waals surface area contributed by atoms with Crippen LogP contribution in [0.5, 0.6) is 0 Å². The smallest absolute Gasteiger partial charge is 0.0621 e. The first-order valence-corrected chi connectivity index (χ1v) is 5.31. The first kappa shape index (κ1) is 11.5. The van der Waals surface area contributed by atoms with Gasteiger partial charge in [-0.1, -0.05) is 25.4 Å². The summed E-state index contributed by atoms with van der Waals surface area (Å²) in [5.74, 6) is 1.08. The fourth-order valence-corrected chi connectivity index (χ4v) is 1.64. The summed E-state index contributed by atoms with van der Waals surface area (Å²) < 4.78 is 0. The average molecular weight is 213 g/mol. The third-order valence-electron chi connectivity index (χ3n) is 2.58. The van der Waals surface area contributed by atoms with E-state index >= 15 is 0 Å². The number of pyridine rings is 1. The van der Waals surface area contributed by atoms with Gasteiger partial charge in [0.2, 0.25) is 0 Å². The molecule has 1 rings (SSSR count). The first-order valence-electron chi connectivity index (χ1n) is 4.93.